The van der Waals surface area contributed by atoms with Gasteiger partial charge < -0.3 is 5.73 Å². The van der Waals surface area contributed by atoms with Crippen LogP contribution in [0.2, 0.25) is 0 Å². The fourth-order valence-corrected chi connectivity index (χ4v) is 1.36. The molecule has 2 N–H and O–H groups in total. The topological polar surface area (TPSA) is 76.3 Å². The summed E-state index contributed by atoms with van der Waals surface area (Å²) in [6.45, 7) is 1.60. The molecule has 2 amide bonds. The van der Waals surface area contributed by atoms with Crippen LogP contribution in [0.3, 0.4) is 0 Å². The van der Waals surface area contributed by atoms with E-state index >= 15 is 0 Å². The van der Waals surface area contributed by atoms with Gasteiger partial charge in [-0.1, -0.05) is 0 Å². The first kappa shape index (κ1) is 9.39. The average molecular weight is 203 g/mol. The number of aromatic nitrogens is 1. The molecule has 0 aromatic carbocycles. The van der Waals surface area contributed by atoms with Gasteiger partial charge in [0.2, 0.25) is 0 Å². The Bertz CT molecular complexity index is 462. The third-order valence-electron chi connectivity index (χ3n) is 2.13. The maximum absolute atomic E-state index is 11.6. The molecular formula is C10H9N3O2. The van der Waals surface area contributed by atoms with Crippen LogP contribution in [0.15, 0.2) is 30.0 Å². The zero-order chi connectivity index (χ0) is 11.0. The van der Waals surface area contributed by atoms with E-state index in [1.54, 1.807) is 19.1 Å². The van der Waals surface area contributed by atoms with Crippen LogP contribution in [0.25, 0.3) is 0 Å². The first-order valence-electron chi connectivity index (χ1n) is 4.38. The van der Waals surface area contributed by atoms with Gasteiger partial charge in [-0.25, -0.2) is 9.88 Å². The minimum atomic E-state index is -0.343. The standard InChI is InChI=1S/C10H9N3O2/c1-6-4-9(14)13(10(6)15)7-2-3-8(11)12-5-7/h2-5H,1H3,(H2,11,12). The summed E-state index contributed by atoms with van der Waals surface area (Å²) in [4.78, 5) is 27.9. The molecule has 5 nitrogen and oxygen atoms in total. The number of nitrogens with zero attached hydrogens (tertiary/aromatic N) is 2. The van der Waals surface area contributed by atoms with Crippen LogP contribution in [-0.2, 0) is 9.59 Å². The maximum Gasteiger partial charge on any atom is 0.261 e. The first-order valence-corrected chi connectivity index (χ1v) is 4.38. The highest BCUT2D eigenvalue weighted by Gasteiger charge is 2.29. The summed E-state index contributed by atoms with van der Waals surface area (Å²) in [6, 6.07) is 3.13. The van der Waals surface area contributed by atoms with E-state index in [0.717, 1.165) is 4.90 Å². The molecule has 1 aromatic rings. The Morgan fingerprint density at radius 1 is 1.33 bits per heavy atom. The van der Waals surface area contributed by atoms with Crippen molar-refractivity contribution in [1.29, 1.82) is 0 Å². The Hall–Kier alpha value is -2.17. The smallest absolute Gasteiger partial charge is 0.261 e. The van der Waals surface area contributed by atoms with E-state index in [1.807, 2.05) is 0 Å². The van der Waals surface area contributed by atoms with Crippen molar-refractivity contribution in [1.82, 2.24) is 4.98 Å². The number of anilines is 2. The zero-order valence-corrected chi connectivity index (χ0v) is 8.10. The van der Waals surface area contributed by atoms with Crippen LogP contribution in [0, 0.1) is 0 Å². The summed E-state index contributed by atoms with van der Waals surface area (Å²) in [6.07, 6.45) is 2.70. The third-order valence-corrected chi connectivity index (χ3v) is 2.13. The minimum absolute atomic E-state index is 0.313. The number of pyridine rings is 1. The number of carbonyl (C=O) groups excluding carboxylic acids is 2. The van der Waals surface area contributed by atoms with Crippen molar-refractivity contribution in [3.63, 3.8) is 0 Å². The van der Waals surface area contributed by atoms with Crippen molar-refractivity contribution >= 4 is 23.3 Å². The van der Waals surface area contributed by atoms with Crippen molar-refractivity contribution in [3.05, 3.63) is 30.0 Å². The number of carbonyl (C=O) groups is 2. The number of hydrogen-bond donors (Lipinski definition) is 1. The fourth-order valence-electron chi connectivity index (χ4n) is 1.36. The molecule has 76 valence electrons. The lowest BCUT2D eigenvalue weighted by atomic mass is 10.3. The largest absolute Gasteiger partial charge is 0.384 e. The average Bonchev–Trinajstić information content (AvgIpc) is 2.44. The van der Waals surface area contributed by atoms with Crippen LogP contribution in [0.5, 0.6) is 0 Å². The SMILES string of the molecule is CC1=CC(=O)N(c2ccc(N)nc2)C1=O. The van der Waals surface area contributed by atoms with E-state index in [1.165, 1.54) is 12.3 Å². The van der Waals surface area contributed by atoms with Gasteiger partial charge in [-0.15, -0.1) is 0 Å². The number of rotatable bonds is 1. The van der Waals surface area contributed by atoms with Gasteiger partial charge in [-0.2, -0.15) is 0 Å². The van der Waals surface area contributed by atoms with E-state index in [0.29, 0.717) is 17.1 Å². The molecule has 0 unspecified atom stereocenters. The van der Waals surface area contributed by atoms with Crippen LogP contribution in [0.1, 0.15) is 6.92 Å². The lowest BCUT2D eigenvalue weighted by Crippen LogP contribution is -2.30. The summed E-state index contributed by atoms with van der Waals surface area (Å²) >= 11 is 0. The number of hydrogen-bond acceptors (Lipinski definition) is 4. The van der Waals surface area contributed by atoms with Crippen molar-refractivity contribution in [2.45, 2.75) is 6.92 Å². The van der Waals surface area contributed by atoms with Gasteiger partial charge in [-0.3, -0.25) is 9.59 Å². The van der Waals surface area contributed by atoms with E-state index in [9.17, 15) is 9.59 Å². The predicted octanol–water partition coefficient (Wildman–Crippen LogP) is 0.483. The van der Waals surface area contributed by atoms with Gasteiger partial charge in [0.1, 0.15) is 5.82 Å². The number of nitrogen functional groups attached to an aromatic ring is 1. The molecule has 0 spiro atoms. The fraction of sp³-hybridized carbons (Fsp3) is 0.100. The van der Waals surface area contributed by atoms with Crippen LogP contribution in [-0.4, -0.2) is 16.8 Å². The molecule has 0 saturated carbocycles. The second kappa shape index (κ2) is 3.20. The lowest BCUT2D eigenvalue weighted by molar-refractivity contribution is -0.120. The van der Waals surface area contributed by atoms with Gasteiger partial charge in [0.15, 0.2) is 0 Å². The van der Waals surface area contributed by atoms with E-state index in [4.69, 9.17) is 5.73 Å². The maximum atomic E-state index is 11.6. The molecular weight excluding hydrogens is 194 g/mol. The third kappa shape index (κ3) is 1.48. The van der Waals surface area contributed by atoms with Crippen LogP contribution in [0.4, 0.5) is 11.5 Å². The quantitative estimate of drug-likeness (QED) is 0.673. The number of imide groups is 1. The second-order valence-corrected chi connectivity index (χ2v) is 3.25. The summed E-state index contributed by atoms with van der Waals surface area (Å²) in [5, 5.41) is 0. The highest BCUT2D eigenvalue weighted by atomic mass is 16.2. The Morgan fingerprint density at radius 2 is 2.07 bits per heavy atom. The van der Waals surface area contributed by atoms with Crippen molar-refractivity contribution in [3.8, 4) is 0 Å². The van der Waals surface area contributed by atoms with Gasteiger partial charge >= 0.3 is 0 Å². The monoisotopic (exact) mass is 203 g/mol. The van der Waals surface area contributed by atoms with Crippen LogP contribution >= 0.6 is 0 Å². The van der Waals surface area contributed by atoms with Crippen molar-refractivity contribution in [2.75, 3.05) is 10.6 Å². The summed E-state index contributed by atoms with van der Waals surface area (Å²) in [5.74, 6) is -0.307. The minimum Gasteiger partial charge on any atom is -0.384 e. The highest BCUT2D eigenvalue weighted by Crippen LogP contribution is 2.21. The van der Waals surface area contributed by atoms with E-state index in [2.05, 4.69) is 4.98 Å². The van der Waals surface area contributed by atoms with Gasteiger partial charge in [-0.05, 0) is 19.1 Å². The summed E-state index contributed by atoms with van der Waals surface area (Å²) in [7, 11) is 0. The van der Waals surface area contributed by atoms with Gasteiger partial charge in [0.05, 0.1) is 11.9 Å². The zero-order valence-electron chi connectivity index (χ0n) is 8.10. The van der Waals surface area contributed by atoms with Gasteiger partial charge in [0.25, 0.3) is 11.8 Å². The molecule has 0 radical (unpaired) electrons. The van der Waals surface area contributed by atoms with E-state index in [-0.39, 0.29) is 11.8 Å². The Morgan fingerprint density at radius 3 is 2.53 bits per heavy atom. The van der Waals surface area contributed by atoms with Crippen LogP contribution < -0.4 is 10.6 Å². The molecule has 2 heterocycles. The van der Waals surface area contributed by atoms with Crippen molar-refractivity contribution in [2.24, 2.45) is 0 Å². The summed E-state index contributed by atoms with van der Waals surface area (Å²) < 4.78 is 0. The van der Waals surface area contributed by atoms with Crippen molar-refractivity contribution < 1.29 is 9.59 Å². The molecule has 1 aliphatic rings. The molecule has 1 aliphatic heterocycles. The molecule has 1 aromatic heterocycles. The van der Waals surface area contributed by atoms with Gasteiger partial charge in [0, 0.05) is 11.6 Å². The Balaban J connectivity index is 2.38. The molecule has 0 saturated heterocycles. The molecule has 0 bridgehead atoms. The number of amides is 2. The Kier molecular flexibility index (Phi) is 2.00. The molecule has 2 rings (SSSR count). The van der Waals surface area contributed by atoms with E-state index < -0.39 is 0 Å². The molecule has 0 aliphatic carbocycles. The molecule has 0 fully saturated rings. The molecule has 0 atom stereocenters. The first-order chi connectivity index (χ1) is 7.09. The number of nitrogens with two attached hydrogens (primary N) is 1. The Labute approximate surface area is 86.2 Å². The predicted molar refractivity (Wildman–Crippen MR) is 54.9 cm³/mol. The lowest BCUT2D eigenvalue weighted by Gasteiger charge is -2.13. The molecule has 15 heavy (non-hydrogen) atoms. The second-order valence-electron chi connectivity index (χ2n) is 3.25. The normalized spacial score (nSPS) is 15.8. The summed E-state index contributed by atoms with van der Waals surface area (Å²) in [5.41, 5.74) is 6.27. The molecule has 5 heteroatoms. The highest BCUT2D eigenvalue weighted by molar-refractivity contribution is 6.30.